The van der Waals surface area contributed by atoms with Crippen LogP contribution in [-0.4, -0.2) is 11.1 Å². The first-order valence-corrected chi connectivity index (χ1v) is 3.95. The molecule has 0 heterocycles. The summed E-state index contributed by atoms with van der Waals surface area (Å²) in [5.41, 5.74) is 4.23. The van der Waals surface area contributed by atoms with Crippen LogP contribution in [0.3, 0.4) is 0 Å². The minimum Gasteiger partial charge on any atom is -0.478 e. The van der Waals surface area contributed by atoms with Crippen molar-refractivity contribution in [3.8, 4) is 0 Å². The van der Waals surface area contributed by atoms with E-state index in [9.17, 15) is 4.79 Å². The van der Waals surface area contributed by atoms with Crippen molar-refractivity contribution in [1.29, 1.82) is 0 Å². The molecule has 0 aliphatic heterocycles. The lowest BCUT2D eigenvalue weighted by atomic mass is 9.99. The highest BCUT2D eigenvalue weighted by Crippen LogP contribution is 2.20. The molecule has 4 heteroatoms. The summed E-state index contributed by atoms with van der Waals surface area (Å²) in [5.74, 6) is 4.26. The van der Waals surface area contributed by atoms with Gasteiger partial charge in [-0.25, -0.2) is 4.79 Å². The average molecular weight is 180 g/mol. The number of nitrogens with one attached hydrogen (secondary N) is 1. The van der Waals surface area contributed by atoms with Gasteiger partial charge < -0.3 is 10.5 Å². The first-order chi connectivity index (χ1) is 6.19. The molecule has 0 saturated heterocycles. The number of hydrogen-bond donors (Lipinski definition) is 3. The lowest BCUT2D eigenvalue weighted by Crippen LogP contribution is -2.25. The monoisotopic (exact) mass is 180 g/mol. The van der Waals surface area contributed by atoms with Crippen molar-refractivity contribution in [1.82, 2.24) is 5.43 Å². The smallest absolute Gasteiger partial charge is 0.337 e. The van der Waals surface area contributed by atoms with E-state index < -0.39 is 5.97 Å². The zero-order chi connectivity index (χ0) is 9.84. The molecule has 0 saturated carbocycles. The van der Waals surface area contributed by atoms with Gasteiger partial charge in [0.1, 0.15) is 0 Å². The molecule has 0 radical (unpaired) electrons. The van der Waals surface area contributed by atoms with Crippen molar-refractivity contribution in [2.24, 2.45) is 5.84 Å². The van der Waals surface area contributed by atoms with Crippen LogP contribution in [0.15, 0.2) is 35.1 Å². The van der Waals surface area contributed by atoms with Crippen LogP contribution in [0, 0.1) is 0 Å². The van der Waals surface area contributed by atoms with E-state index in [0.717, 1.165) is 5.57 Å². The molecular weight excluding hydrogens is 168 g/mol. The molecule has 1 rings (SSSR count). The molecule has 70 valence electrons. The fourth-order valence-electron chi connectivity index (χ4n) is 1.18. The minimum atomic E-state index is -0.959. The van der Waals surface area contributed by atoms with Gasteiger partial charge in [-0.15, -0.1) is 0 Å². The summed E-state index contributed by atoms with van der Waals surface area (Å²) in [6.07, 6.45) is 5.80. The van der Waals surface area contributed by atoms with Crippen molar-refractivity contribution in [3.63, 3.8) is 0 Å². The molecule has 0 spiro atoms. The van der Waals surface area contributed by atoms with Gasteiger partial charge in [0.05, 0.1) is 5.57 Å². The van der Waals surface area contributed by atoms with Crippen LogP contribution < -0.4 is 11.3 Å². The van der Waals surface area contributed by atoms with E-state index in [-0.39, 0.29) is 5.57 Å². The van der Waals surface area contributed by atoms with Crippen molar-refractivity contribution in [2.45, 2.75) is 13.3 Å². The lowest BCUT2D eigenvalue weighted by Gasteiger charge is -2.14. The normalized spacial score (nSPS) is 19.4. The highest BCUT2D eigenvalue weighted by molar-refractivity contribution is 5.91. The van der Waals surface area contributed by atoms with Crippen LogP contribution >= 0.6 is 0 Å². The molecule has 0 aromatic rings. The summed E-state index contributed by atoms with van der Waals surface area (Å²) in [6, 6.07) is 0. The first kappa shape index (κ1) is 9.54. The standard InChI is InChI=1S/C9H12N2O2/c1-2-6-3-4-7(9(12)13)8(5-6)11-10/h2-4,11H,5,10H2,1H3,(H,12,13). The molecular formula is C9H12N2O2. The number of hydrogen-bond acceptors (Lipinski definition) is 3. The summed E-state index contributed by atoms with van der Waals surface area (Å²) in [4.78, 5) is 10.7. The van der Waals surface area contributed by atoms with Crippen LogP contribution in [0.5, 0.6) is 0 Å². The summed E-state index contributed by atoms with van der Waals surface area (Å²) in [6.45, 7) is 1.90. The van der Waals surface area contributed by atoms with Gasteiger partial charge in [-0.1, -0.05) is 12.2 Å². The summed E-state index contributed by atoms with van der Waals surface area (Å²) in [5, 5.41) is 8.77. The number of carboxylic acids is 1. The minimum absolute atomic E-state index is 0.230. The third-order valence-electron chi connectivity index (χ3n) is 1.95. The van der Waals surface area contributed by atoms with Gasteiger partial charge in [-0.2, -0.15) is 0 Å². The quantitative estimate of drug-likeness (QED) is 0.432. The summed E-state index contributed by atoms with van der Waals surface area (Å²) >= 11 is 0. The Hall–Kier alpha value is -1.55. The largest absolute Gasteiger partial charge is 0.478 e. The topological polar surface area (TPSA) is 75.3 Å². The fraction of sp³-hybridized carbons (Fsp3) is 0.222. The Morgan fingerprint density at radius 2 is 2.38 bits per heavy atom. The van der Waals surface area contributed by atoms with Crippen molar-refractivity contribution >= 4 is 5.97 Å². The predicted molar refractivity (Wildman–Crippen MR) is 49.5 cm³/mol. The Morgan fingerprint density at radius 1 is 1.69 bits per heavy atom. The molecule has 0 atom stereocenters. The third kappa shape index (κ3) is 1.97. The molecule has 4 nitrogen and oxygen atoms in total. The van der Waals surface area contributed by atoms with Crippen LogP contribution in [0.1, 0.15) is 13.3 Å². The first-order valence-electron chi connectivity index (χ1n) is 3.95. The summed E-state index contributed by atoms with van der Waals surface area (Å²) in [7, 11) is 0. The maximum atomic E-state index is 10.7. The molecule has 1 aliphatic rings. The molecule has 13 heavy (non-hydrogen) atoms. The van der Waals surface area contributed by atoms with Crippen LogP contribution in [0.25, 0.3) is 0 Å². The van der Waals surface area contributed by atoms with Gasteiger partial charge in [0.15, 0.2) is 0 Å². The average Bonchev–Trinajstić information content (AvgIpc) is 2.16. The lowest BCUT2D eigenvalue weighted by molar-refractivity contribution is -0.132. The number of carboxylic acid groups (broad SMARTS) is 1. The number of nitrogens with two attached hydrogens (primary N) is 1. The van der Waals surface area contributed by atoms with E-state index in [1.165, 1.54) is 0 Å². The molecule has 0 fully saturated rings. The van der Waals surface area contributed by atoms with Gasteiger partial charge in [0.2, 0.25) is 0 Å². The zero-order valence-corrected chi connectivity index (χ0v) is 7.37. The molecule has 0 aromatic carbocycles. The van der Waals surface area contributed by atoms with Crippen LogP contribution in [0.2, 0.25) is 0 Å². The molecule has 1 aliphatic carbocycles. The highest BCUT2D eigenvalue weighted by atomic mass is 16.4. The maximum absolute atomic E-state index is 10.7. The Morgan fingerprint density at radius 3 is 2.85 bits per heavy atom. The van der Waals surface area contributed by atoms with E-state index in [1.54, 1.807) is 12.2 Å². The van der Waals surface area contributed by atoms with E-state index >= 15 is 0 Å². The number of hydrazine groups is 1. The van der Waals surface area contributed by atoms with Gasteiger partial charge in [-0.05, 0) is 18.6 Å². The molecule has 0 bridgehead atoms. The fourth-order valence-corrected chi connectivity index (χ4v) is 1.18. The molecule has 0 aromatic heterocycles. The number of aliphatic carboxylic acids is 1. The van der Waals surface area contributed by atoms with Gasteiger partial charge in [0.25, 0.3) is 0 Å². The predicted octanol–water partition coefficient (Wildman–Crippen LogP) is 0.695. The SMILES string of the molecule is CC=C1C=CC(C(=O)O)=C(NN)C1. The van der Waals surface area contributed by atoms with Gasteiger partial charge >= 0.3 is 5.97 Å². The Bertz CT molecular complexity index is 314. The number of carbonyl (C=O) groups is 1. The number of allylic oxidation sites excluding steroid dienone is 3. The second-order valence-corrected chi connectivity index (χ2v) is 2.72. The zero-order valence-electron chi connectivity index (χ0n) is 7.37. The maximum Gasteiger partial charge on any atom is 0.337 e. The molecule has 0 unspecified atom stereocenters. The van der Waals surface area contributed by atoms with E-state index in [4.69, 9.17) is 10.9 Å². The number of rotatable bonds is 2. The van der Waals surface area contributed by atoms with Crippen molar-refractivity contribution in [3.05, 3.63) is 35.1 Å². The van der Waals surface area contributed by atoms with Gasteiger partial charge in [0, 0.05) is 12.1 Å². The second-order valence-electron chi connectivity index (χ2n) is 2.72. The Balaban J connectivity index is 3.00. The summed E-state index contributed by atoms with van der Waals surface area (Å²) < 4.78 is 0. The molecule has 0 amide bonds. The van der Waals surface area contributed by atoms with E-state index in [2.05, 4.69) is 5.43 Å². The van der Waals surface area contributed by atoms with Crippen molar-refractivity contribution < 1.29 is 9.90 Å². The van der Waals surface area contributed by atoms with Crippen molar-refractivity contribution in [2.75, 3.05) is 0 Å². The van der Waals surface area contributed by atoms with E-state index in [0.29, 0.717) is 12.1 Å². The molecule has 4 N–H and O–H groups in total. The Labute approximate surface area is 76.4 Å². The van der Waals surface area contributed by atoms with Crippen LogP contribution in [0.4, 0.5) is 0 Å². The van der Waals surface area contributed by atoms with Gasteiger partial charge in [-0.3, -0.25) is 5.84 Å². The van der Waals surface area contributed by atoms with Crippen LogP contribution in [-0.2, 0) is 4.79 Å². The highest BCUT2D eigenvalue weighted by Gasteiger charge is 2.15. The third-order valence-corrected chi connectivity index (χ3v) is 1.95. The second kappa shape index (κ2) is 3.91. The van der Waals surface area contributed by atoms with E-state index in [1.807, 2.05) is 13.0 Å². The Kier molecular flexibility index (Phi) is 2.87.